The van der Waals surface area contributed by atoms with Gasteiger partial charge >= 0.3 is 0 Å². The van der Waals surface area contributed by atoms with E-state index >= 15 is 0 Å². The minimum atomic E-state index is -1.58. The number of nitrogens with one attached hydrogen (secondary N) is 1. The van der Waals surface area contributed by atoms with Gasteiger partial charge in [0.25, 0.3) is 5.91 Å². The number of para-hydroxylation sites is 1. The smallest absolute Gasteiger partial charge is 0.261 e. The Hall–Kier alpha value is -1.99. The maximum absolute atomic E-state index is 13.1. The zero-order chi connectivity index (χ0) is 20.1. The third-order valence-corrected chi connectivity index (χ3v) is 10.4. The van der Waals surface area contributed by atoms with Crippen LogP contribution < -0.4 is 5.32 Å². The summed E-state index contributed by atoms with van der Waals surface area (Å²) in [5.41, 5.74) is 4.41. The first kappa shape index (κ1) is 20.7. The summed E-state index contributed by atoms with van der Waals surface area (Å²) >= 11 is 0. The average molecular weight is 396 g/mol. The van der Waals surface area contributed by atoms with E-state index in [-0.39, 0.29) is 17.6 Å². The van der Waals surface area contributed by atoms with Crippen molar-refractivity contribution in [2.24, 2.45) is 5.92 Å². The molecule has 0 aromatic heterocycles. The first-order valence-electron chi connectivity index (χ1n) is 10.1. The van der Waals surface area contributed by atoms with Gasteiger partial charge in [-0.3, -0.25) is 9.59 Å². The minimum absolute atomic E-state index is 0.103. The summed E-state index contributed by atoms with van der Waals surface area (Å²) in [6.07, 6.45) is 5.58. The summed E-state index contributed by atoms with van der Waals surface area (Å²) in [7, 11) is -1.58. The maximum Gasteiger partial charge on any atom is 0.261 e. The van der Waals surface area contributed by atoms with Crippen LogP contribution in [0.25, 0.3) is 0 Å². The van der Waals surface area contributed by atoms with Crippen molar-refractivity contribution >= 4 is 24.6 Å². The molecule has 1 aliphatic rings. The summed E-state index contributed by atoms with van der Waals surface area (Å²) in [5, 5.41) is 3.18. The lowest BCUT2D eigenvalue weighted by Gasteiger charge is -2.34. The molecule has 2 atom stereocenters. The van der Waals surface area contributed by atoms with Gasteiger partial charge in [-0.2, -0.15) is 0 Å². The van der Waals surface area contributed by atoms with Gasteiger partial charge < -0.3 is 5.32 Å². The van der Waals surface area contributed by atoms with Gasteiger partial charge in [-0.15, -0.1) is 0 Å². The van der Waals surface area contributed by atoms with Crippen LogP contribution in [0.2, 0.25) is 0 Å². The number of hydrogen-bond donors (Lipinski definition) is 1. The van der Waals surface area contributed by atoms with E-state index in [9.17, 15) is 9.59 Å². The van der Waals surface area contributed by atoms with Crippen molar-refractivity contribution in [2.75, 3.05) is 23.8 Å². The Labute approximate surface area is 169 Å². The molecule has 1 fully saturated rings. The van der Waals surface area contributed by atoms with Crippen LogP contribution in [0.4, 0.5) is 5.69 Å². The topological polar surface area (TPSA) is 46.2 Å². The second-order valence-electron chi connectivity index (χ2n) is 8.31. The number of anilines is 1. The van der Waals surface area contributed by atoms with E-state index in [0.29, 0.717) is 6.16 Å². The molecule has 148 valence electrons. The predicted molar refractivity (Wildman–Crippen MR) is 120 cm³/mol. The highest BCUT2D eigenvalue weighted by Crippen LogP contribution is 2.65. The van der Waals surface area contributed by atoms with Crippen molar-refractivity contribution in [3.05, 3.63) is 65.2 Å². The van der Waals surface area contributed by atoms with E-state index in [1.807, 2.05) is 38.1 Å². The van der Waals surface area contributed by atoms with Crippen molar-refractivity contribution in [1.82, 2.24) is 0 Å². The third kappa shape index (κ3) is 5.08. The van der Waals surface area contributed by atoms with E-state index in [4.69, 9.17) is 0 Å². The summed E-state index contributed by atoms with van der Waals surface area (Å²) in [5.74, 6) is 0.511. The van der Waals surface area contributed by atoms with Gasteiger partial charge in [0.1, 0.15) is 11.9 Å². The lowest BCUT2D eigenvalue weighted by molar-refractivity contribution is -0.120. The molecule has 3 rings (SSSR count). The number of carbonyl (C=O) groups is 2. The SMILES string of the molecule is CC(=O)C1CCC[P+](CC(=O)Nc2c(C)cccc2C)(Cc2ccccc2)C1. The van der Waals surface area contributed by atoms with E-state index in [0.717, 1.165) is 48.1 Å². The summed E-state index contributed by atoms with van der Waals surface area (Å²) < 4.78 is 0. The molecule has 2 aromatic carbocycles. The molecule has 0 spiro atoms. The average Bonchev–Trinajstić information content (AvgIpc) is 2.65. The van der Waals surface area contributed by atoms with E-state index in [1.54, 1.807) is 6.92 Å². The fourth-order valence-electron chi connectivity index (χ4n) is 4.46. The van der Waals surface area contributed by atoms with Crippen LogP contribution in [-0.2, 0) is 15.8 Å². The quantitative estimate of drug-likeness (QED) is 0.659. The molecule has 2 unspecified atom stereocenters. The highest BCUT2D eigenvalue weighted by molar-refractivity contribution is 7.76. The Morgan fingerprint density at radius 3 is 2.36 bits per heavy atom. The van der Waals surface area contributed by atoms with Crippen molar-refractivity contribution in [3.8, 4) is 0 Å². The van der Waals surface area contributed by atoms with Crippen LogP contribution in [0.15, 0.2) is 48.5 Å². The minimum Gasteiger partial charge on any atom is -0.322 e. The van der Waals surface area contributed by atoms with Gasteiger partial charge in [0, 0.05) is 12.9 Å². The zero-order valence-corrected chi connectivity index (χ0v) is 18.1. The second-order valence-corrected chi connectivity index (χ2v) is 12.4. The molecule has 1 heterocycles. The number of rotatable bonds is 6. The Morgan fingerprint density at radius 2 is 1.71 bits per heavy atom. The number of amides is 1. The van der Waals surface area contributed by atoms with Crippen LogP contribution in [0.5, 0.6) is 0 Å². The number of benzene rings is 2. The molecule has 4 heteroatoms. The summed E-state index contributed by atoms with van der Waals surface area (Å²) in [6, 6.07) is 16.5. The molecular formula is C24H31NO2P+. The van der Waals surface area contributed by atoms with Crippen LogP contribution >= 0.6 is 7.26 Å². The van der Waals surface area contributed by atoms with Crippen LogP contribution in [0.3, 0.4) is 0 Å². The molecule has 3 nitrogen and oxygen atoms in total. The Balaban J connectivity index is 1.82. The molecule has 28 heavy (non-hydrogen) atoms. The first-order valence-corrected chi connectivity index (χ1v) is 12.7. The van der Waals surface area contributed by atoms with Crippen molar-refractivity contribution in [1.29, 1.82) is 0 Å². The molecule has 0 radical (unpaired) electrons. The number of carbonyl (C=O) groups excluding carboxylic acids is 2. The van der Waals surface area contributed by atoms with Crippen molar-refractivity contribution in [3.63, 3.8) is 0 Å². The summed E-state index contributed by atoms with van der Waals surface area (Å²) in [4.78, 5) is 25.2. The Bertz CT molecular complexity index is 829. The largest absolute Gasteiger partial charge is 0.322 e. The van der Waals surface area contributed by atoms with Gasteiger partial charge in [-0.1, -0.05) is 48.5 Å². The molecule has 1 N–H and O–H groups in total. The molecule has 1 aliphatic heterocycles. The summed E-state index contributed by atoms with van der Waals surface area (Å²) in [6.45, 7) is 5.78. The van der Waals surface area contributed by atoms with Gasteiger partial charge in [0.05, 0.1) is 24.4 Å². The van der Waals surface area contributed by atoms with Gasteiger partial charge in [-0.25, -0.2) is 0 Å². The predicted octanol–water partition coefficient (Wildman–Crippen LogP) is 5.46. The van der Waals surface area contributed by atoms with Crippen LogP contribution in [-0.4, -0.2) is 30.2 Å². The molecular weight excluding hydrogens is 365 g/mol. The lowest BCUT2D eigenvalue weighted by Crippen LogP contribution is -2.31. The monoisotopic (exact) mass is 396 g/mol. The molecule has 0 aliphatic carbocycles. The highest BCUT2D eigenvalue weighted by Gasteiger charge is 2.45. The van der Waals surface area contributed by atoms with Crippen LogP contribution in [0, 0.1) is 19.8 Å². The van der Waals surface area contributed by atoms with Crippen molar-refractivity contribution < 1.29 is 9.59 Å². The number of ketones is 1. The number of hydrogen-bond acceptors (Lipinski definition) is 2. The fraction of sp³-hybridized carbons (Fsp3) is 0.417. The first-order chi connectivity index (χ1) is 13.4. The van der Waals surface area contributed by atoms with Gasteiger partial charge in [-0.05, 0) is 50.3 Å². The molecule has 1 saturated heterocycles. The second kappa shape index (κ2) is 9.01. The van der Waals surface area contributed by atoms with Gasteiger partial charge in [0.2, 0.25) is 0 Å². The highest BCUT2D eigenvalue weighted by atomic mass is 31.2. The van der Waals surface area contributed by atoms with Crippen LogP contribution in [0.1, 0.15) is 36.5 Å². The Morgan fingerprint density at radius 1 is 1.04 bits per heavy atom. The molecule has 0 bridgehead atoms. The normalized spacial score (nSPS) is 21.9. The Kier molecular flexibility index (Phi) is 6.67. The fourth-order valence-corrected chi connectivity index (χ4v) is 9.23. The molecule has 1 amide bonds. The lowest BCUT2D eigenvalue weighted by atomic mass is 10.0. The number of Topliss-reactive ketones (excluding diaryl/α,β-unsaturated/α-hetero) is 1. The third-order valence-electron chi connectivity index (χ3n) is 5.95. The van der Waals surface area contributed by atoms with Gasteiger partial charge in [0.15, 0.2) is 0 Å². The van der Waals surface area contributed by atoms with Crippen molar-refractivity contribution in [2.45, 2.75) is 39.8 Å². The number of aryl methyl sites for hydroxylation is 2. The van der Waals surface area contributed by atoms with E-state index in [2.05, 4.69) is 29.6 Å². The van der Waals surface area contributed by atoms with E-state index < -0.39 is 7.26 Å². The standard InChI is InChI=1S/C24H30NO2P/c1-18-9-7-10-19(2)24(18)25-23(27)17-28(15-21-11-5-4-6-12-21)14-8-13-22(16-28)20(3)26/h4-7,9-12,22H,8,13-17H2,1-3H3/p+1. The molecule has 0 saturated carbocycles. The zero-order valence-electron chi connectivity index (χ0n) is 17.2. The van der Waals surface area contributed by atoms with E-state index in [1.165, 1.54) is 5.56 Å². The molecule has 2 aromatic rings. The maximum atomic E-state index is 13.1.